The van der Waals surface area contributed by atoms with E-state index in [2.05, 4.69) is 20.4 Å². The summed E-state index contributed by atoms with van der Waals surface area (Å²) in [7, 11) is 0. The van der Waals surface area contributed by atoms with Crippen molar-refractivity contribution in [1.82, 2.24) is 0 Å². The van der Waals surface area contributed by atoms with Crippen molar-refractivity contribution in [1.29, 1.82) is 0 Å². The van der Waals surface area contributed by atoms with Crippen LogP contribution in [0, 0.1) is 11.3 Å². The molecule has 0 saturated heterocycles. The lowest BCUT2D eigenvalue weighted by molar-refractivity contribution is 0.0122. The van der Waals surface area contributed by atoms with Crippen molar-refractivity contribution >= 4 is 0 Å². The molecular weight excluding hydrogens is 148 g/mol. The van der Waals surface area contributed by atoms with Gasteiger partial charge in [0.1, 0.15) is 0 Å². The molecule has 0 heterocycles. The normalized spacial score (nSPS) is 34.7. The summed E-state index contributed by atoms with van der Waals surface area (Å²) in [5.41, 5.74) is 1.37. The van der Waals surface area contributed by atoms with E-state index in [0.717, 1.165) is 18.4 Å². The molecule has 0 aliphatic heterocycles. The number of hydrogen-bond donors (Lipinski definition) is 1. The van der Waals surface area contributed by atoms with Crippen LogP contribution >= 0.6 is 0 Å². The van der Waals surface area contributed by atoms with Crippen LogP contribution in [-0.4, -0.2) is 11.2 Å². The van der Waals surface area contributed by atoms with Crippen LogP contribution in [0.3, 0.4) is 0 Å². The van der Waals surface area contributed by atoms with E-state index in [-0.39, 0.29) is 11.5 Å². The van der Waals surface area contributed by atoms with Gasteiger partial charge in [0.2, 0.25) is 0 Å². The van der Waals surface area contributed by atoms with Crippen molar-refractivity contribution in [2.75, 3.05) is 0 Å². The van der Waals surface area contributed by atoms with Crippen LogP contribution in [-0.2, 0) is 0 Å². The second-order valence-corrected chi connectivity index (χ2v) is 4.77. The first-order valence-corrected chi connectivity index (χ1v) is 4.78. The maximum absolute atomic E-state index is 9.81. The Hall–Kier alpha value is -0.300. The molecule has 0 aromatic carbocycles. The maximum atomic E-state index is 9.81. The Balaban J connectivity index is 2.81. The molecule has 2 atom stereocenters. The Morgan fingerprint density at radius 2 is 2.08 bits per heavy atom. The van der Waals surface area contributed by atoms with Gasteiger partial charge in [0, 0.05) is 5.92 Å². The maximum Gasteiger partial charge on any atom is 0.0610 e. The summed E-state index contributed by atoms with van der Waals surface area (Å²) in [6, 6.07) is 0. The molecule has 0 amide bonds. The van der Waals surface area contributed by atoms with Crippen LogP contribution in [0.25, 0.3) is 0 Å². The third-order valence-corrected chi connectivity index (χ3v) is 3.08. The highest BCUT2D eigenvalue weighted by Crippen LogP contribution is 2.43. The minimum absolute atomic E-state index is 0.161. The molecule has 70 valence electrons. The smallest absolute Gasteiger partial charge is 0.0610 e. The summed E-state index contributed by atoms with van der Waals surface area (Å²) >= 11 is 0. The number of rotatable bonds is 1. The highest BCUT2D eigenvalue weighted by atomic mass is 16.3. The van der Waals surface area contributed by atoms with Gasteiger partial charge in [-0.15, -0.1) is 0 Å². The molecule has 12 heavy (non-hydrogen) atoms. The fourth-order valence-corrected chi connectivity index (χ4v) is 2.61. The lowest BCUT2D eigenvalue weighted by Crippen LogP contribution is -2.38. The summed E-state index contributed by atoms with van der Waals surface area (Å²) in [4.78, 5) is 0. The van der Waals surface area contributed by atoms with Crippen molar-refractivity contribution in [3.63, 3.8) is 0 Å². The van der Waals surface area contributed by atoms with Crippen molar-refractivity contribution in [3.8, 4) is 0 Å². The first-order valence-electron chi connectivity index (χ1n) is 4.78. The Morgan fingerprint density at radius 1 is 1.50 bits per heavy atom. The van der Waals surface area contributed by atoms with Crippen LogP contribution in [0.4, 0.5) is 0 Å². The van der Waals surface area contributed by atoms with Gasteiger partial charge >= 0.3 is 0 Å². The topological polar surface area (TPSA) is 20.2 Å². The second-order valence-electron chi connectivity index (χ2n) is 4.77. The molecular formula is C11H20O. The molecule has 1 saturated carbocycles. The molecule has 0 bridgehead atoms. The van der Waals surface area contributed by atoms with Gasteiger partial charge in [-0.1, -0.05) is 32.4 Å². The third kappa shape index (κ3) is 1.71. The molecule has 1 aliphatic rings. The molecule has 0 aromatic heterocycles. The zero-order valence-electron chi connectivity index (χ0n) is 8.43. The lowest BCUT2D eigenvalue weighted by Gasteiger charge is -2.42. The van der Waals surface area contributed by atoms with Gasteiger partial charge in [-0.2, -0.15) is 0 Å². The summed E-state index contributed by atoms with van der Waals surface area (Å²) in [6.07, 6.45) is 3.15. The van der Waals surface area contributed by atoms with E-state index in [4.69, 9.17) is 0 Å². The highest BCUT2D eigenvalue weighted by molar-refractivity contribution is 5.07. The minimum Gasteiger partial charge on any atom is -0.392 e. The summed E-state index contributed by atoms with van der Waals surface area (Å²) in [6.45, 7) is 10.5. The fraction of sp³-hybridized carbons (Fsp3) is 0.818. The molecule has 1 N–H and O–H groups in total. The van der Waals surface area contributed by atoms with Crippen LogP contribution in [0.2, 0.25) is 0 Å². The van der Waals surface area contributed by atoms with Gasteiger partial charge in [-0.25, -0.2) is 0 Å². The van der Waals surface area contributed by atoms with Crippen molar-refractivity contribution in [2.24, 2.45) is 11.3 Å². The predicted octanol–water partition coefficient (Wildman–Crippen LogP) is 2.75. The van der Waals surface area contributed by atoms with E-state index in [1.165, 1.54) is 6.42 Å². The standard InChI is InChI=1S/C11H20O/c1-8(2)10-9(12)6-5-7-11(10,3)4/h9-10,12H,1,5-7H2,2-4H3. The summed E-state index contributed by atoms with van der Waals surface area (Å²) in [5.74, 6) is 0.297. The average Bonchev–Trinajstić information content (AvgIpc) is 1.82. The van der Waals surface area contributed by atoms with E-state index in [1.807, 2.05) is 6.92 Å². The number of aliphatic hydroxyl groups excluding tert-OH is 1. The summed E-state index contributed by atoms with van der Waals surface area (Å²) < 4.78 is 0. The van der Waals surface area contributed by atoms with Gasteiger partial charge in [0.15, 0.2) is 0 Å². The SMILES string of the molecule is C=C(C)C1C(O)CCCC1(C)C. The highest BCUT2D eigenvalue weighted by Gasteiger charge is 2.38. The molecule has 0 aromatic rings. The van der Waals surface area contributed by atoms with Crippen molar-refractivity contribution in [2.45, 2.75) is 46.1 Å². The van der Waals surface area contributed by atoms with E-state index >= 15 is 0 Å². The van der Waals surface area contributed by atoms with Gasteiger partial charge in [-0.3, -0.25) is 0 Å². The Kier molecular flexibility index (Phi) is 2.62. The van der Waals surface area contributed by atoms with Crippen molar-refractivity contribution < 1.29 is 5.11 Å². The molecule has 1 fully saturated rings. The molecule has 1 nitrogen and oxygen atoms in total. The van der Waals surface area contributed by atoms with Crippen molar-refractivity contribution in [3.05, 3.63) is 12.2 Å². The van der Waals surface area contributed by atoms with Crippen LogP contribution in [0.5, 0.6) is 0 Å². The zero-order chi connectivity index (χ0) is 9.35. The summed E-state index contributed by atoms with van der Waals surface area (Å²) in [5, 5.41) is 9.81. The largest absolute Gasteiger partial charge is 0.392 e. The molecule has 2 unspecified atom stereocenters. The Labute approximate surface area is 75.5 Å². The lowest BCUT2D eigenvalue weighted by atomic mass is 9.65. The van der Waals surface area contributed by atoms with Crippen LogP contribution in [0.1, 0.15) is 40.0 Å². The second kappa shape index (κ2) is 3.21. The van der Waals surface area contributed by atoms with Crippen LogP contribution in [0.15, 0.2) is 12.2 Å². The molecule has 0 spiro atoms. The minimum atomic E-state index is -0.161. The quantitative estimate of drug-likeness (QED) is 0.597. The van der Waals surface area contributed by atoms with Gasteiger partial charge in [0.25, 0.3) is 0 Å². The predicted molar refractivity (Wildman–Crippen MR) is 51.9 cm³/mol. The monoisotopic (exact) mass is 168 g/mol. The van der Waals surface area contributed by atoms with Gasteiger partial charge in [-0.05, 0) is 25.2 Å². The van der Waals surface area contributed by atoms with E-state index < -0.39 is 0 Å². The first-order chi connectivity index (χ1) is 5.45. The fourth-order valence-electron chi connectivity index (χ4n) is 2.61. The number of aliphatic hydroxyl groups is 1. The average molecular weight is 168 g/mol. The molecule has 1 heteroatoms. The third-order valence-electron chi connectivity index (χ3n) is 3.08. The first kappa shape index (κ1) is 9.79. The van der Waals surface area contributed by atoms with Gasteiger partial charge < -0.3 is 5.11 Å². The van der Waals surface area contributed by atoms with E-state index in [1.54, 1.807) is 0 Å². The Morgan fingerprint density at radius 3 is 2.42 bits per heavy atom. The number of hydrogen-bond acceptors (Lipinski definition) is 1. The Bertz CT molecular complexity index is 181. The van der Waals surface area contributed by atoms with Crippen LogP contribution < -0.4 is 0 Å². The molecule has 0 radical (unpaired) electrons. The van der Waals surface area contributed by atoms with E-state index in [0.29, 0.717) is 5.92 Å². The molecule has 1 rings (SSSR count). The van der Waals surface area contributed by atoms with E-state index in [9.17, 15) is 5.11 Å². The zero-order valence-corrected chi connectivity index (χ0v) is 8.43. The molecule has 1 aliphatic carbocycles. The van der Waals surface area contributed by atoms with Gasteiger partial charge in [0.05, 0.1) is 6.10 Å².